The number of fused-ring (bicyclic) bond motifs is 1. The lowest BCUT2D eigenvalue weighted by molar-refractivity contribution is 0.0297. The van der Waals surface area contributed by atoms with Crippen molar-refractivity contribution in [2.75, 3.05) is 40.0 Å². The predicted molar refractivity (Wildman–Crippen MR) is 120 cm³/mol. The Morgan fingerprint density at radius 3 is 3.00 bits per heavy atom. The fourth-order valence-corrected chi connectivity index (χ4v) is 4.47. The molecular weight excluding hydrogens is 392 g/mol. The number of rotatable bonds is 8. The quantitative estimate of drug-likeness (QED) is 0.659. The second-order valence-electron chi connectivity index (χ2n) is 8.14. The first kappa shape index (κ1) is 21.6. The van der Waals surface area contributed by atoms with Crippen LogP contribution in [0.2, 0.25) is 0 Å². The normalized spacial score (nSPS) is 18.5. The summed E-state index contributed by atoms with van der Waals surface area (Å²) in [5.74, 6) is 0.917. The first-order valence-electron chi connectivity index (χ1n) is 11.1. The van der Waals surface area contributed by atoms with Crippen LogP contribution in [-0.2, 0) is 30.5 Å². The highest BCUT2D eigenvalue weighted by Crippen LogP contribution is 2.26. The van der Waals surface area contributed by atoms with E-state index in [1.165, 1.54) is 11.3 Å². The van der Waals surface area contributed by atoms with Gasteiger partial charge in [0.05, 0.1) is 26.9 Å². The van der Waals surface area contributed by atoms with Gasteiger partial charge in [-0.3, -0.25) is 9.48 Å². The molecule has 0 bridgehead atoms. The molecule has 0 spiro atoms. The molecule has 1 fully saturated rings. The van der Waals surface area contributed by atoms with E-state index in [2.05, 4.69) is 24.0 Å². The lowest BCUT2D eigenvalue weighted by Gasteiger charge is -2.28. The summed E-state index contributed by atoms with van der Waals surface area (Å²) in [6.45, 7) is 7.82. The van der Waals surface area contributed by atoms with Crippen molar-refractivity contribution in [1.82, 2.24) is 20.0 Å². The second kappa shape index (κ2) is 10.1. The maximum absolute atomic E-state index is 13.2. The van der Waals surface area contributed by atoms with E-state index < -0.39 is 0 Å². The number of ether oxygens (including phenoxy) is 2. The largest absolute Gasteiger partial charge is 0.497 e. The molecule has 1 aromatic carbocycles. The molecule has 1 amide bonds. The zero-order chi connectivity index (χ0) is 21.6. The molecule has 1 aliphatic heterocycles. The van der Waals surface area contributed by atoms with Crippen LogP contribution in [0.3, 0.4) is 0 Å². The summed E-state index contributed by atoms with van der Waals surface area (Å²) in [6, 6.07) is 8.54. The third kappa shape index (κ3) is 4.99. The molecule has 1 saturated heterocycles. The average molecular weight is 425 g/mol. The highest BCUT2D eigenvalue weighted by atomic mass is 16.5. The van der Waals surface area contributed by atoms with Gasteiger partial charge in [-0.05, 0) is 49.9 Å². The van der Waals surface area contributed by atoms with Gasteiger partial charge in [0, 0.05) is 30.4 Å². The number of methoxy groups -OCH3 is 1. The molecule has 0 radical (unpaired) electrons. The van der Waals surface area contributed by atoms with E-state index in [-0.39, 0.29) is 5.91 Å². The molecule has 7 heteroatoms. The molecule has 7 nitrogen and oxygen atoms in total. The first-order valence-corrected chi connectivity index (χ1v) is 11.1. The standard InChI is InChI=1S/C24H32N4O3/c1-3-11-28-22-8-7-19(25-10-9-18-5-4-6-20(16-18)30-2)17-21(22)23(26-28)24(29)27-12-14-31-15-13-27/h3-6,16,19,25H,1,7-15,17H2,2H3/t19-/m0/s1. The molecule has 1 atom stereocenters. The Hall–Kier alpha value is -2.64. The summed E-state index contributed by atoms with van der Waals surface area (Å²) in [6.07, 6.45) is 5.57. The molecule has 2 aromatic rings. The third-order valence-electron chi connectivity index (χ3n) is 6.13. The van der Waals surface area contributed by atoms with Crippen LogP contribution in [-0.4, -0.2) is 66.6 Å². The molecule has 166 valence electrons. The van der Waals surface area contributed by atoms with E-state index in [9.17, 15) is 4.79 Å². The van der Waals surface area contributed by atoms with Crippen molar-refractivity contribution < 1.29 is 14.3 Å². The molecular formula is C24H32N4O3. The second-order valence-corrected chi connectivity index (χ2v) is 8.14. The van der Waals surface area contributed by atoms with Gasteiger partial charge < -0.3 is 19.7 Å². The minimum atomic E-state index is 0.0272. The van der Waals surface area contributed by atoms with Crippen molar-refractivity contribution in [1.29, 1.82) is 0 Å². The van der Waals surface area contributed by atoms with Gasteiger partial charge in [-0.1, -0.05) is 18.2 Å². The van der Waals surface area contributed by atoms with Gasteiger partial charge in [0.2, 0.25) is 0 Å². The number of aromatic nitrogens is 2. The minimum Gasteiger partial charge on any atom is -0.497 e. The summed E-state index contributed by atoms with van der Waals surface area (Å²) < 4.78 is 12.7. The van der Waals surface area contributed by atoms with Gasteiger partial charge in [-0.15, -0.1) is 6.58 Å². The van der Waals surface area contributed by atoms with Crippen molar-refractivity contribution in [3.63, 3.8) is 0 Å². The molecule has 1 aliphatic carbocycles. The molecule has 4 rings (SSSR count). The zero-order valence-electron chi connectivity index (χ0n) is 18.3. The lowest BCUT2D eigenvalue weighted by Crippen LogP contribution is -2.42. The summed E-state index contributed by atoms with van der Waals surface area (Å²) in [5, 5.41) is 8.40. The Morgan fingerprint density at radius 2 is 2.23 bits per heavy atom. The van der Waals surface area contributed by atoms with Crippen LogP contribution in [0.15, 0.2) is 36.9 Å². The Bertz CT molecular complexity index is 918. The van der Waals surface area contributed by atoms with Crippen LogP contribution in [0.25, 0.3) is 0 Å². The SMILES string of the molecule is C=CCn1nc(C(=O)N2CCOCC2)c2c1CC[C@H](NCCc1cccc(OC)c1)C2. The molecule has 0 unspecified atom stereocenters. The number of nitrogens with one attached hydrogen (secondary N) is 1. The molecule has 0 saturated carbocycles. The van der Waals surface area contributed by atoms with E-state index in [0.29, 0.717) is 44.6 Å². The lowest BCUT2D eigenvalue weighted by atomic mass is 9.91. The third-order valence-corrected chi connectivity index (χ3v) is 6.13. The number of benzene rings is 1. The van der Waals surface area contributed by atoms with E-state index in [1.54, 1.807) is 7.11 Å². The number of carbonyl (C=O) groups excluding carboxylic acids is 1. The van der Waals surface area contributed by atoms with Crippen LogP contribution in [0.1, 0.15) is 33.7 Å². The molecule has 1 aromatic heterocycles. The number of nitrogens with zero attached hydrogens (tertiary/aromatic N) is 3. The Labute approximate surface area is 184 Å². The monoisotopic (exact) mass is 424 g/mol. The van der Waals surface area contributed by atoms with Gasteiger partial charge in [-0.2, -0.15) is 5.10 Å². The van der Waals surface area contributed by atoms with Crippen LogP contribution < -0.4 is 10.1 Å². The topological polar surface area (TPSA) is 68.6 Å². The minimum absolute atomic E-state index is 0.0272. The van der Waals surface area contributed by atoms with E-state index in [4.69, 9.17) is 14.6 Å². The van der Waals surface area contributed by atoms with Crippen molar-refractivity contribution in [3.05, 3.63) is 59.4 Å². The van der Waals surface area contributed by atoms with Crippen LogP contribution in [0.5, 0.6) is 5.75 Å². The van der Waals surface area contributed by atoms with Gasteiger partial charge in [-0.25, -0.2) is 0 Å². The zero-order valence-corrected chi connectivity index (χ0v) is 18.3. The highest BCUT2D eigenvalue weighted by Gasteiger charge is 2.31. The van der Waals surface area contributed by atoms with Crippen molar-refractivity contribution in [3.8, 4) is 5.75 Å². The molecule has 2 heterocycles. The van der Waals surface area contributed by atoms with E-state index in [1.807, 2.05) is 27.8 Å². The summed E-state index contributed by atoms with van der Waals surface area (Å²) in [5.41, 5.74) is 4.15. The Morgan fingerprint density at radius 1 is 1.39 bits per heavy atom. The predicted octanol–water partition coefficient (Wildman–Crippen LogP) is 2.24. The number of hydrogen-bond donors (Lipinski definition) is 1. The number of morpholine rings is 1. The van der Waals surface area contributed by atoms with Crippen molar-refractivity contribution in [2.24, 2.45) is 0 Å². The number of hydrogen-bond acceptors (Lipinski definition) is 5. The van der Waals surface area contributed by atoms with Crippen LogP contribution in [0, 0.1) is 0 Å². The van der Waals surface area contributed by atoms with Crippen molar-refractivity contribution in [2.45, 2.75) is 38.3 Å². The number of allylic oxidation sites excluding steroid dienone is 1. The van der Waals surface area contributed by atoms with Gasteiger partial charge >= 0.3 is 0 Å². The number of amides is 1. The first-order chi connectivity index (χ1) is 15.2. The molecule has 2 aliphatic rings. The molecule has 31 heavy (non-hydrogen) atoms. The average Bonchev–Trinajstić information content (AvgIpc) is 3.17. The van der Waals surface area contributed by atoms with Crippen LogP contribution >= 0.6 is 0 Å². The van der Waals surface area contributed by atoms with E-state index >= 15 is 0 Å². The summed E-state index contributed by atoms with van der Waals surface area (Å²) in [4.78, 5) is 15.1. The fourth-order valence-electron chi connectivity index (χ4n) is 4.47. The molecule has 1 N–H and O–H groups in total. The maximum atomic E-state index is 13.2. The number of carbonyl (C=O) groups is 1. The Kier molecular flexibility index (Phi) is 7.04. The maximum Gasteiger partial charge on any atom is 0.274 e. The van der Waals surface area contributed by atoms with Gasteiger partial charge in [0.25, 0.3) is 5.91 Å². The highest BCUT2D eigenvalue weighted by molar-refractivity contribution is 5.94. The van der Waals surface area contributed by atoms with Gasteiger partial charge in [0.15, 0.2) is 5.69 Å². The van der Waals surface area contributed by atoms with Crippen LogP contribution in [0.4, 0.5) is 0 Å². The fraction of sp³-hybridized carbons (Fsp3) is 0.500. The summed E-state index contributed by atoms with van der Waals surface area (Å²) in [7, 11) is 1.69. The Balaban J connectivity index is 1.44. The van der Waals surface area contributed by atoms with Crippen molar-refractivity contribution >= 4 is 5.91 Å². The van der Waals surface area contributed by atoms with Gasteiger partial charge in [0.1, 0.15) is 5.75 Å². The van der Waals surface area contributed by atoms with E-state index in [0.717, 1.165) is 43.5 Å². The smallest absolute Gasteiger partial charge is 0.274 e. The summed E-state index contributed by atoms with van der Waals surface area (Å²) >= 11 is 0.